The molecule has 2 heterocycles. The van der Waals surface area contributed by atoms with Crippen LogP contribution in [0.1, 0.15) is 113 Å². The van der Waals surface area contributed by atoms with Crippen LogP contribution in [0.4, 0.5) is 0 Å². The second-order valence-electron chi connectivity index (χ2n) is 18.4. The molecule has 0 bridgehead atoms. The molecule has 0 unspecified atom stereocenters. The fourth-order valence-corrected chi connectivity index (χ4v) is 11.4. The first-order chi connectivity index (χ1) is 32.2. The Kier molecular flexibility index (Phi) is 15.7. The summed E-state index contributed by atoms with van der Waals surface area (Å²) in [6.45, 7) is 0. The average molecular weight is 871 g/mol. The zero-order chi connectivity index (χ0) is 43.9. The Bertz CT molecular complexity index is 2660. The van der Waals surface area contributed by atoms with Gasteiger partial charge >= 0.3 is 0 Å². The molecular formula is C63H66OS. The van der Waals surface area contributed by atoms with Crippen molar-refractivity contribution >= 4 is 43.7 Å². The first-order valence-electron chi connectivity index (χ1n) is 24.9. The number of furan rings is 1. The molecule has 2 aromatic heterocycles. The van der Waals surface area contributed by atoms with E-state index in [1.165, 1.54) is 159 Å². The van der Waals surface area contributed by atoms with E-state index in [-0.39, 0.29) is 0 Å². The highest BCUT2D eigenvalue weighted by atomic mass is 32.1. The number of fused-ring (bicyclic) bond motifs is 9. The lowest BCUT2D eigenvalue weighted by Gasteiger charge is -2.17. The molecular weight excluding hydrogens is 805 g/mol. The van der Waals surface area contributed by atoms with E-state index in [2.05, 4.69) is 163 Å². The standard InChI is InChI=1S/2C14H14.C10H8.C9H10.C8H10O.C8H10S/c1-3-7-13-11(5-1)9-10-12-6-2-4-8-14(12)13;1-2-6-12-10-14-8-4-3-7-13(14)9-11(12)5-1;1-2-6-10-8-4-3-7-9(10)5-1;1-2-5-9-7-3-6-8(9)4-1;2*1-2-4-8-7(3-1)5-6-9-8/h1,3,5,7,9-10H,2,4,6,8H2;1-2,5-6,9-10H,3-4,7-8H2;1-8H;1-2,4-5H,3,6-7H2;2*5-6H,1-4H2. The van der Waals surface area contributed by atoms with Crippen LogP contribution in [-0.4, -0.2) is 0 Å². The van der Waals surface area contributed by atoms with Crippen LogP contribution in [0.25, 0.3) is 32.3 Å². The van der Waals surface area contributed by atoms with Crippen molar-refractivity contribution in [2.75, 3.05) is 0 Å². The van der Waals surface area contributed by atoms with Gasteiger partial charge in [0, 0.05) is 11.3 Å². The van der Waals surface area contributed by atoms with Crippen molar-refractivity contribution in [1.82, 2.24) is 0 Å². The minimum atomic E-state index is 1.16. The number of thiophene rings is 1. The van der Waals surface area contributed by atoms with Gasteiger partial charge in [0.05, 0.1) is 6.26 Å². The van der Waals surface area contributed by atoms with Crippen LogP contribution in [0.2, 0.25) is 0 Å². The topological polar surface area (TPSA) is 13.1 Å². The first-order valence-corrected chi connectivity index (χ1v) is 25.7. The fourth-order valence-electron chi connectivity index (χ4n) is 10.4. The highest BCUT2D eigenvalue weighted by Gasteiger charge is 2.13. The molecule has 1 nitrogen and oxygen atoms in total. The minimum absolute atomic E-state index is 1.16. The first kappa shape index (κ1) is 44.5. The number of aryl methyl sites for hydroxylation is 10. The maximum Gasteiger partial charge on any atom is 0.106 e. The summed E-state index contributed by atoms with van der Waals surface area (Å²) in [4.78, 5) is 1.64. The Morgan fingerprint density at radius 2 is 0.785 bits per heavy atom. The lowest BCUT2D eigenvalue weighted by Crippen LogP contribution is -2.02. The molecule has 0 aliphatic heterocycles. The van der Waals surface area contributed by atoms with E-state index in [9.17, 15) is 0 Å². The summed E-state index contributed by atoms with van der Waals surface area (Å²) >= 11 is 1.93. The third-order valence-electron chi connectivity index (χ3n) is 14.0. The molecule has 330 valence electrons. The summed E-state index contributed by atoms with van der Waals surface area (Å²) in [5.74, 6) is 1.22. The largest absolute Gasteiger partial charge is 0.469 e. The van der Waals surface area contributed by atoms with Gasteiger partial charge in [0.2, 0.25) is 0 Å². The van der Waals surface area contributed by atoms with Gasteiger partial charge < -0.3 is 4.42 Å². The van der Waals surface area contributed by atoms with Crippen LogP contribution in [0, 0.1) is 0 Å². The van der Waals surface area contributed by atoms with E-state index < -0.39 is 0 Å². The molecule has 0 fully saturated rings. The van der Waals surface area contributed by atoms with Gasteiger partial charge in [0.25, 0.3) is 0 Å². The number of hydrogen-bond acceptors (Lipinski definition) is 2. The predicted octanol–water partition coefficient (Wildman–Crippen LogP) is 17.2. The van der Waals surface area contributed by atoms with E-state index in [1.54, 1.807) is 50.1 Å². The number of rotatable bonds is 0. The van der Waals surface area contributed by atoms with E-state index in [0.29, 0.717) is 0 Å². The van der Waals surface area contributed by atoms with Crippen LogP contribution in [0.3, 0.4) is 0 Å². The summed E-state index contributed by atoms with van der Waals surface area (Å²) in [6, 6.07) is 56.6. The minimum Gasteiger partial charge on any atom is -0.469 e. The molecule has 65 heavy (non-hydrogen) atoms. The van der Waals surface area contributed by atoms with Gasteiger partial charge in [-0.1, -0.05) is 146 Å². The lowest BCUT2D eigenvalue weighted by atomic mass is 9.88. The zero-order valence-corrected chi connectivity index (χ0v) is 39.2. The van der Waals surface area contributed by atoms with Crippen LogP contribution >= 0.6 is 11.3 Å². The molecule has 0 amide bonds. The van der Waals surface area contributed by atoms with Crippen LogP contribution in [0.5, 0.6) is 0 Å². The normalized spacial score (nSPS) is 15.1. The monoisotopic (exact) mass is 870 g/mol. The van der Waals surface area contributed by atoms with Crippen molar-refractivity contribution < 1.29 is 4.42 Å². The van der Waals surface area contributed by atoms with Crippen molar-refractivity contribution in [2.24, 2.45) is 0 Å². The molecule has 0 atom stereocenters. The van der Waals surface area contributed by atoms with Crippen molar-refractivity contribution in [1.29, 1.82) is 0 Å². The Balaban J connectivity index is 0.0000000995. The maximum absolute atomic E-state index is 5.26. The van der Waals surface area contributed by atoms with Gasteiger partial charge in [-0.15, -0.1) is 11.3 Å². The molecule has 0 saturated heterocycles. The SMILES string of the molecule is c1cc2c(o1)CCCC2.c1cc2c(s1)CCCC2.c1ccc2c(c1)CCC2.c1ccc2c3c(ccc2c1)CCCC3.c1ccc2cc3c(cc2c1)CCCC3.c1ccc2ccccc2c1. The Morgan fingerprint density at radius 3 is 1.40 bits per heavy atom. The maximum atomic E-state index is 5.26. The van der Waals surface area contributed by atoms with Crippen molar-refractivity contribution in [3.05, 3.63) is 225 Å². The molecule has 0 spiro atoms. The summed E-state index contributed by atoms with van der Waals surface area (Å²) in [7, 11) is 0. The van der Waals surface area contributed by atoms with Gasteiger partial charge in [0.1, 0.15) is 5.76 Å². The summed E-state index contributed by atoms with van der Waals surface area (Å²) in [5.41, 5.74) is 12.5. The van der Waals surface area contributed by atoms with Crippen molar-refractivity contribution in [2.45, 2.75) is 122 Å². The van der Waals surface area contributed by atoms with E-state index >= 15 is 0 Å². The predicted molar refractivity (Wildman–Crippen MR) is 280 cm³/mol. The van der Waals surface area contributed by atoms with E-state index in [1.807, 2.05) is 11.3 Å². The molecule has 7 aromatic carbocycles. The summed E-state index contributed by atoms with van der Waals surface area (Å²) < 4.78 is 5.26. The lowest BCUT2D eigenvalue weighted by molar-refractivity contribution is 0.478. The van der Waals surface area contributed by atoms with Crippen LogP contribution < -0.4 is 0 Å². The zero-order valence-electron chi connectivity index (χ0n) is 38.4. The molecule has 9 aromatic rings. The van der Waals surface area contributed by atoms with Gasteiger partial charge in [-0.2, -0.15) is 0 Å². The second kappa shape index (κ2) is 23.0. The molecule has 14 rings (SSSR count). The third kappa shape index (κ3) is 12.0. The highest BCUT2D eigenvalue weighted by Crippen LogP contribution is 2.30. The third-order valence-corrected chi connectivity index (χ3v) is 15.0. The average Bonchev–Trinajstić information content (AvgIpc) is 4.19. The second-order valence-corrected chi connectivity index (χ2v) is 19.4. The van der Waals surface area contributed by atoms with Crippen LogP contribution in [0.15, 0.2) is 174 Å². The fraction of sp³-hybridized carbons (Fsp3) is 0.302. The summed E-state index contributed by atoms with van der Waals surface area (Å²) in [5, 5.41) is 10.5. The van der Waals surface area contributed by atoms with Gasteiger partial charge in [-0.25, -0.2) is 0 Å². The molecule has 0 saturated carbocycles. The smallest absolute Gasteiger partial charge is 0.106 e. The van der Waals surface area contributed by atoms with Gasteiger partial charge in [-0.3, -0.25) is 0 Å². The highest BCUT2D eigenvalue weighted by molar-refractivity contribution is 7.10. The Labute approximate surface area is 392 Å². The Hall–Kier alpha value is -5.70. The van der Waals surface area contributed by atoms with Crippen molar-refractivity contribution in [3.8, 4) is 0 Å². The molecule has 0 N–H and O–H groups in total. The number of hydrogen-bond donors (Lipinski definition) is 0. The quantitative estimate of drug-likeness (QED) is 0.148. The van der Waals surface area contributed by atoms with E-state index in [0.717, 1.165) is 6.42 Å². The van der Waals surface area contributed by atoms with Gasteiger partial charge in [-0.05, 0) is 210 Å². The molecule has 2 heteroatoms. The van der Waals surface area contributed by atoms with E-state index in [4.69, 9.17) is 4.42 Å². The number of benzene rings is 7. The van der Waals surface area contributed by atoms with Crippen LogP contribution in [-0.2, 0) is 64.2 Å². The molecule has 5 aliphatic carbocycles. The molecule has 0 radical (unpaired) electrons. The van der Waals surface area contributed by atoms with Gasteiger partial charge in [0.15, 0.2) is 0 Å². The Morgan fingerprint density at radius 1 is 0.308 bits per heavy atom. The molecule has 5 aliphatic rings. The van der Waals surface area contributed by atoms with Crippen molar-refractivity contribution in [3.63, 3.8) is 0 Å². The summed E-state index contributed by atoms with van der Waals surface area (Å²) in [6.07, 6.45) is 26.9.